The zero-order valence-electron chi connectivity index (χ0n) is 12.3. The number of aryl methyl sites for hydroxylation is 1. The van der Waals surface area contributed by atoms with Gasteiger partial charge >= 0.3 is 0 Å². The van der Waals surface area contributed by atoms with Crippen LogP contribution in [0.5, 0.6) is 5.75 Å². The van der Waals surface area contributed by atoms with E-state index in [0.29, 0.717) is 22.3 Å². The van der Waals surface area contributed by atoms with Crippen molar-refractivity contribution in [3.8, 4) is 5.75 Å². The molecule has 0 aromatic heterocycles. The zero-order chi connectivity index (χ0) is 15.9. The van der Waals surface area contributed by atoms with Gasteiger partial charge in [0.05, 0.1) is 12.2 Å². The summed E-state index contributed by atoms with van der Waals surface area (Å²) >= 11 is 12.2. The zero-order valence-corrected chi connectivity index (χ0v) is 13.8. The summed E-state index contributed by atoms with van der Waals surface area (Å²) in [6, 6.07) is 11.1. The number of rotatable bonds is 2. The molecule has 114 valence electrons. The van der Waals surface area contributed by atoms with Crippen molar-refractivity contribution in [2.75, 3.05) is 4.90 Å². The van der Waals surface area contributed by atoms with Crippen LogP contribution < -0.4 is 9.64 Å². The van der Waals surface area contributed by atoms with Crippen LogP contribution in [0.15, 0.2) is 36.4 Å². The van der Waals surface area contributed by atoms with Crippen molar-refractivity contribution in [3.05, 3.63) is 57.6 Å². The van der Waals surface area contributed by atoms with Gasteiger partial charge in [0.25, 0.3) is 5.91 Å². The average Bonchev–Trinajstić information content (AvgIpc) is 2.47. The molecule has 0 fully saturated rings. The Bertz CT molecular complexity index is 745. The molecule has 5 heteroatoms. The Morgan fingerprint density at radius 3 is 2.68 bits per heavy atom. The van der Waals surface area contributed by atoms with Gasteiger partial charge in [-0.25, -0.2) is 0 Å². The quantitative estimate of drug-likeness (QED) is 0.801. The number of nitrogens with zero attached hydrogens (tertiary/aromatic N) is 1. The van der Waals surface area contributed by atoms with E-state index in [1.54, 1.807) is 24.0 Å². The predicted molar refractivity (Wildman–Crippen MR) is 88.9 cm³/mol. The number of amides is 1. The van der Waals surface area contributed by atoms with Gasteiger partial charge in [-0.1, -0.05) is 35.3 Å². The largest absolute Gasteiger partial charge is 0.479 e. The van der Waals surface area contributed by atoms with Gasteiger partial charge in [0.1, 0.15) is 5.75 Å². The lowest BCUT2D eigenvalue weighted by molar-refractivity contribution is -0.125. The van der Waals surface area contributed by atoms with E-state index in [4.69, 9.17) is 27.9 Å². The second-order valence-electron chi connectivity index (χ2n) is 5.39. The van der Waals surface area contributed by atoms with Gasteiger partial charge in [0, 0.05) is 10.0 Å². The first-order chi connectivity index (χ1) is 10.5. The van der Waals surface area contributed by atoms with Crippen molar-refractivity contribution in [2.45, 2.75) is 26.5 Å². The molecule has 22 heavy (non-hydrogen) atoms. The van der Waals surface area contributed by atoms with Gasteiger partial charge in [-0.2, -0.15) is 0 Å². The highest BCUT2D eigenvalue weighted by Crippen LogP contribution is 2.36. The molecule has 0 unspecified atom stereocenters. The Balaban J connectivity index is 2.01. The van der Waals surface area contributed by atoms with E-state index in [-0.39, 0.29) is 5.91 Å². The summed E-state index contributed by atoms with van der Waals surface area (Å²) in [5.41, 5.74) is 2.69. The molecule has 1 amide bonds. The lowest BCUT2D eigenvalue weighted by Gasteiger charge is -2.33. The molecule has 0 aliphatic carbocycles. The van der Waals surface area contributed by atoms with Crippen LogP contribution in [0.2, 0.25) is 10.0 Å². The fraction of sp³-hybridized carbons (Fsp3) is 0.235. The molecule has 0 bridgehead atoms. The number of anilines is 1. The summed E-state index contributed by atoms with van der Waals surface area (Å²) in [7, 11) is 0. The standard InChI is InChI=1S/C17H15Cl2NO2/c1-10-3-6-16-15(7-10)20(17(21)11(2)22-16)9-12-4-5-13(18)8-14(12)19/h3-8,11H,9H2,1-2H3/t11-/m1/s1. The van der Waals surface area contributed by atoms with Gasteiger partial charge in [-0.15, -0.1) is 0 Å². The van der Waals surface area contributed by atoms with Crippen LogP contribution in [0.1, 0.15) is 18.1 Å². The Hall–Kier alpha value is -1.71. The highest BCUT2D eigenvalue weighted by atomic mass is 35.5. The minimum Gasteiger partial charge on any atom is -0.479 e. The summed E-state index contributed by atoms with van der Waals surface area (Å²) in [6.07, 6.45) is -0.513. The molecule has 3 nitrogen and oxygen atoms in total. The highest BCUT2D eigenvalue weighted by Gasteiger charge is 2.31. The van der Waals surface area contributed by atoms with Crippen LogP contribution in [-0.2, 0) is 11.3 Å². The predicted octanol–water partition coefficient (Wildman–Crippen LogP) is 4.62. The van der Waals surface area contributed by atoms with Crippen LogP contribution in [0.3, 0.4) is 0 Å². The Kier molecular flexibility index (Phi) is 4.02. The second kappa shape index (κ2) is 5.82. The van der Waals surface area contributed by atoms with Gasteiger partial charge in [-0.3, -0.25) is 4.79 Å². The first-order valence-corrected chi connectivity index (χ1v) is 7.74. The summed E-state index contributed by atoms with van der Waals surface area (Å²) in [4.78, 5) is 14.2. The Morgan fingerprint density at radius 1 is 1.18 bits per heavy atom. The number of benzene rings is 2. The van der Waals surface area contributed by atoms with Gasteiger partial charge < -0.3 is 9.64 Å². The van der Waals surface area contributed by atoms with Crippen LogP contribution in [-0.4, -0.2) is 12.0 Å². The summed E-state index contributed by atoms with van der Waals surface area (Å²) in [5, 5.41) is 1.13. The summed E-state index contributed by atoms with van der Waals surface area (Å²) < 4.78 is 5.67. The van der Waals surface area contributed by atoms with Gasteiger partial charge in [-0.05, 0) is 49.2 Å². The van der Waals surface area contributed by atoms with Crippen molar-refractivity contribution >= 4 is 34.8 Å². The van der Waals surface area contributed by atoms with E-state index in [9.17, 15) is 4.79 Å². The van der Waals surface area contributed by atoms with E-state index in [0.717, 1.165) is 16.8 Å². The number of hydrogen-bond donors (Lipinski definition) is 0. The number of fused-ring (bicyclic) bond motifs is 1. The molecule has 0 spiro atoms. The second-order valence-corrected chi connectivity index (χ2v) is 6.24. The van der Waals surface area contributed by atoms with E-state index in [1.165, 1.54) is 0 Å². The molecular weight excluding hydrogens is 321 g/mol. The molecule has 0 radical (unpaired) electrons. The smallest absolute Gasteiger partial charge is 0.268 e. The maximum atomic E-state index is 12.5. The fourth-order valence-electron chi connectivity index (χ4n) is 2.50. The Labute approximate surface area is 139 Å². The van der Waals surface area contributed by atoms with Crippen LogP contribution in [0.4, 0.5) is 5.69 Å². The monoisotopic (exact) mass is 335 g/mol. The van der Waals surface area contributed by atoms with Gasteiger partial charge in [0.2, 0.25) is 0 Å². The molecule has 3 rings (SSSR count). The van der Waals surface area contributed by atoms with Crippen molar-refractivity contribution in [1.82, 2.24) is 0 Å². The summed E-state index contributed by atoms with van der Waals surface area (Å²) in [6.45, 7) is 4.12. The normalized spacial score (nSPS) is 17.2. The van der Waals surface area contributed by atoms with Gasteiger partial charge in [0.15, 0.2) is 6.10 Å². The minimum atomic E-state index is -0.513. The van der Waals surface area contributed by atoms with E-state index in [2.05, 4.69) is 0 Å². The first kappa shape index (κ1) is 15.2. The van der Waals surface area contributed by atoms with E-state index in [1.807, 2.05) is 31.2 Å². The maximum absolute atomic E-state index is 12.5. The lowest BCUT2D eigenvalue weighted by Crippen LogP contribution is -2.44. The number of halogens is 2. The molecular formula is C17H15Cl2NO2. The van der Waals surface area contributed by atoms with Crippen LogP contribution >= 0.6 is 23.2 Å². The molecule has 0 saturated carbocycles. The first-order valence-electron chi connectivity index (χ1n) is 6.98. The number of carbonyl (C=O) groups is 1. The number of carbonyl (C=O) groups excluding carboxylic acids is 1. The molecule has 1 aliphatic heterocycles. The topological polar surface area (TPSA) is 29.5 Å². The molecule has 1 atom stereocenters. The van der Waals surface area contributed by atoms with Crippen LogP contribution in [0.25, 0.3) is 0 Å². The molecule has 0 saturated heterocycles. The molecule has 2 aromatic carbocycles. The maximum Gasteiger partial charge on any atom is 0.268 e. The van der Waals surface area contributed by atoms with E-state index < -0.39 is 6.10 Å². The highest BCUT2D eigenvalue weighted by molar-refractivity contribution is 6.35. The van der Waals surface area contributed by atoms with Crippen molar-refractivity contribution < 1.29 is 9.53 Å². The Morgan fingerprint density at radius 2 is 1.95 bits per heavy atom. The lowest BCUT2D eigenvalue weighted by atomic mass is 10.1. The molecule has 1 aliphatic rings. The SMILES string of the molecule is Cc1ccc2c(c1)N(Cc1ccc(Cl)cc1Cl)C(=O)[C@@H](C)O2. The fourth-order valence-corrected chi connectivity index (χ4v) is 2.97. The van der Waals surface area contributed by atoms with Crippen LogP contribution in [0, 0.1) is 6.92 Å². The van der Waals surface area contributed by atoms with Crippen molar-refractivity contribution in [1.29, 1.82) is 0 Å². The third-order valence-corrected chi connectivity index (χ3v) is 4.25. The summed E-state index contributed by atoms with van der Waals surface area (Å²) in [5.74, 6) is 0.631. The number of ether oxygens (including phenoxy) is 1. The minimum absolute atomic E-state index is 0.0795. The molecule has 0 N–H and O–H groups in total. The van der Waals surface area contributed by atoms with Crippen molar-refractivity contribution in [2.24, 2.45) is 0 Å². The third-order valence-electron chi connectivity index (χ3n) is 3.67. The number of hydrogen-bond acceptors (Lipinski definition) is 2. The van der Waals surface area contributed by atoms with E-state index >= 15 is 0 Å². The average molecular weight is 336 g/mol. The molecule has 2 aromatic rings. The van der Waals surface area contributed by atoms with Crippen molar-refractivity contribution in [3.63, 3.8) is 0 Å². The third kappa shape index (κ3) is 2.79. The molecule has 1 heterocycles.